The zero-order valence-corrected chi connectivity index (χ0v) is 16.8. The summed E-state index contributed by atoms with van der Waals surface area (Å²) >= 11 is 0. The molecule has 5 heteroatoms. The van der Waals surface area contributed by atoms with E-state index in [0.717, 1.165) is 51.4 Å². The van der Waals surface area contributed by atoms with Crippen molar-refractivity contribution in [1.82, 2.24) is 15.1 Å². The highest BCUT2D eigenvalue weighted by atomic mass is 16.2. The van der Waals surface area contributed by atoms with E-state index < -0.39 is 0 Å². The topological polar surface area (TPSA) is 47.9 Å². The van der Waals surface area contributed by atoms with Gasteiger partial charge in [0.15, 0.2) is 5.96 Å². The van der Waals surface area contributed by atoms with Crippen LogP contribution in [0.15, 0.2) is 29.3 Å². The SMILES string of the molecule is CCNC(=NCCC(CC)N1CCCC1=O)N(C)Cc1ccccc1C. The number of rotatable bonds is 8. The Morgan fingerprint density at radius 3 is 2.73 bits per heavy atom. The molecule has 1 saturated heterocycles. The second-order valence-corrected chi connectivity index (χ2v) is 7.06. The molecule has 1 heterocycles. The minimum Gasteiger partial charge on any atom is -0.357 e. The highest BCUT2D eigenvalue weighted by Crippen LogP contribution is 2.18. The van der Waals surface area contributed by atoms with Crippen LogP contribution in [0.1, 0.15) is 50.7 Å². The van der Waals surface area contributed by atoms with Gasteiger partial charge in [-0.05, 0) is 44.2 Å². The summed E-state index contributed by atoms with van der Waals surface area (Å²) in [5.41, 5.74) is 2.61. The number of amides is 1. The van der Waals surface area contributed by atoms with E-state index in [0.29, 0.717) is 18.4 Å². The van der Waals surface area contributed by atoms with Crippen molar-refractivity contribution in [3.05, 3.63) is 35.4 Å². The van der Waals surface area contributed by atoms with E-state index in [1.165, 1.54) is 11.1 Å². The first kappa shape index (κ1) is 20.3. The normalized spacial score (nSPS) is 16.1. The quantitative estimate of drug-likeness (QED) is 0.573. The first-order valence-electron chi connectivity index (χ1n) is 9.90. The molecule has 1 aromatic rings. The van der Waals surface area contributed by atoms with Crippen molar-refractivity contribution < 1.29 is 4.79 Å². The first-order valence-corrected chi connectivity index (χ1v) is 9.90. The Labute approximate surface area is 158 Å². The number of nitrogens with one attached hydrogen (secondary N) is 1. The lowest BCUT2D eigenvalue weighted by molar-refractivity contribution is -0.129. The summed E-state index contributed by atoms with van der Waals surface area (Å²) in [5.74, 6) is 1.24. The Balaban J connectivity index is 1.96. The molecular weight excluding hydrogens is 324 g/mol. The smallest absolute Gasteiger partial charge is 0.222 e. The highest BCUT2D eigenvalue weighted by molar-refractivity contribution is 5.80. The molecule has 1 atom stereocenters. The van der Waals surface area contributed by atoms with Crippen LogP contribution in [0.25, 0.3) is 0 Å². The predicted octanol–water partition coefficient (Wildman–Crippen LogP) is 3.18. The van der Waals surface area contributed by atoms with Gasteiger partial charge in [-0.2, -0.15) is 0 Å². The molecular formula is C21H34N4O. The van der Waals surface area contributed by atoms with Crippen LogP contribution in [0.3, 0.4) is 0 Å². The third-order valence-corrected chi connectivity index (χ3v) is 5.11. The van der Waals surface area contributed by atoms with Crippen molar-refractivity contribution in [3.8, 4) is 0 Å². The number of nitrogens with zero attached hydrogens (tertiary/aromatic N) is 3. The number of carbonyl (C=O) groups excluding carboxylic acids is 1. The average Bonchev–Trinajstić information content (AvgIpc) is 3.05. The molecule has 1 fully saturated rings. The van der Waals surface area contributed by atoms with E-state index >= 15 is 0 Å². The van der Waals surface area contributed by atoms with Crippen molar-refractivity contribution in [2.75, 3.05) is 26.7 Å². The third-order valence-electron chi connectivity index (χ3n) is 5.11. The predicted molar refractivity (Wildman–Crippen MR) is 108 cm³/mol. The molecule has 1 aliphatic heterocycles. The zero-order chi connectivity index (χ0) is 18.9. The molecule has 0 aromatic heterocycles. The Bertz CT molecular complexity index is 614. The van der Waals surface area contributed by atoms with Crippen molar-refractivity contribution >= 4 is 11.9 Å². The van der Waals surface area contributed by atoms with Gasteiger partial charge in [-0.15, -0.1) is 0 Å². The van der Waals surface area contributed by atoms with E-state index in [9.17, 15) is 4.79 Å². The largest absolute Gasteiger partial charge is 0.357 e. The van der Waals surface area contributed by atoms with Gasteiger partial charge in [0, 0.05) is 45.7 Å². The summed E-state index contributed by atoms with van der Waals surface area (Å²) in [6.45, 7) is 9.73. The molecule has 0 spiro atoms. The number of benzene rings is 1. The zero-order valence-electron chi connectivity index (χ0n) is 16.8. The van der Waals surface area contributed by atoms with Gasteiger partial charge in [0.25, 0.3) is 0 Å². The fraction of sp³-hybridized carbons (Fsp3) is 0.619. The molecule has 5 nitrogen and oxygen atoms in total. The summed E-state index contributed by atoms with van der Waals surface area (Å²) in [5, 5.41) is 3.39. The van der Waals surface area contributed by atoms with Crippen LogP contribution < -0.4 is 5.32 Å². The number of carbonyl (C=O) groups is 1. The van der Waals surface area contributed by atoms with Crippen molar-refractivity contribution in [2.24, 2.45) is 4.99 Å². The number of aryl methyl sites for hydroxylation is 1. The van der Waals surface area contributed by atoms with Crippen molar-refractivity contribution in [2.45, 2.75) is 59.0 Å². The van der Waals surface area contributed by atoms with E-state index in [1.54, 1.807) is 0 Å². The van der Waals surface area contributed by atoms with Crippen molar-refractivity contribution in [3.63, 3.8) is 0 Å². The van der Waals surface area contributed by atoms with Gasteiger partial charge < -0.3 is 15.1 Å². The number of hydrogen-bond donors (Lipinski definition) is 1. The lowest BCUT2D eigenvalue weighted by atomic mass is 10.1. The Hall–Kier alpha value is -2.04. The minimum atomic E-state index is 0.310. The van der Waals surface area contributed by atoms with Gasteiger partial charge in [-0.25, -0.2) is 0 Å². The van der Waals surface area contributed by atoms with Gasteiger partial charge in [0.2, 0.25) is 5.91 Å². The number of likely N-dealkylation sites (tertiary alicyclic amines) is 1. The van der Waals surface area contributed by atoms with E-state index in [2.05, 4.69) is 67.2 Å². The van der Waals surface area contributed by atoms with Gasteiger partial charge >= 0.3 is 0 Å². The van der Waals surface area contributed by atoms with E-state index in [-0.39, 0.29) is 0 Å². The second-order valence-electron chi connectivity index (χ2n) is 7.06. The molecule has 1 amide bonds. The number of hydrogen-bond acceptors (Lipinski definition) is 2. The van der Waals surface area contributed by atoms with Gasteiger partial charge in [0.05, 0.1) is 0 Å². The maximum absolute atomic E-state index is 12.0. The van der Waals surface area contributed by atoms with Crippen LogP contribution in [-0.4, -0.2) is 54.4 Å². The first-order chi connectivity index (χ1) is 12.6. The molecule has 1 aliphatic rings. The molecule has 0 bridgehead atoms. The molecule has 0 radical (unpaired) electrons. The summed E-state index contributed by atoms with van der Waals surface area (Å²) in [6.07, 6.45) is 3.63. The fourth-order valence-corrected chi connectivity index (χ4v) is 3.54. The summed E-state index contributed by atoms with van der Waals surface area (Å²) < 4.78 is 0. The van der Waals surface area contributed by atoms with E-state index in [1.807, 2.05) is 0 Å². The minimum absolute atomic E-state index is 0.310. The molecule has 1 aromatic carbocycles. The van der Waals surface area contributed by atoms with Crippen LogP contribution in [-0.2, 0) is 11.3 Å². The summed E-state index contributed by atoms with van der Waals surface area (Å²) in [7, 11) is 2.08. The van der Waals surface area contributed by atoms with Crippen LogP contribution in [0, 0.1) is 6.92 Å². The molecule has 0 saturated carbocycles. The van der Waals surface area contributed by atoms with Crippen LogP contribution >= 0.6 is 0 Å². The maximum Gasteiger partial charge on any atom is 0.222 e. The number of guanidine groups is 1. The monoisotopic (exact) mass is 358 g/mol. The molecule has 2 rings (SSSR count). The van der Waals surface area contributed by atoms with Gasteiger partial charge in [-0.1, -0.05) is 31.2 Å². The average molecular weight is 359 g/mol. The Morgan fingerprint density at radius 1 is 1.35 bits per heavy atom. The molecule has 144 valence electrons. The standard InChI is InChI=1S/C21H34N4O/c1-5-19(25-15-9-12-20(25)26)13-14-23-21(22-6-2)24(4)16-18-11-8-7-10-17(18)3/h7-8,10-11,19H,5-6,9,12-16H2,1-4H3,(H,22,23). The molecule has 1 N–H and O–H groups in total. The second kappa shape index (κ2) is 10.2. The summed E-state index contributed by atoms with van der Waals surface area (Å²) in [4.78, 5) is 21.0. The summed E-state index contributed by atoms with van der Waals surface area (Å²) in [6, 6.07) is 8.79. The lowest BCUT2D eigenvalue weighted by Gasteiger charge is -2.27. The molecule has 26 heavy (non-hydrogen) atoms. The lowest BCUT2D eigenvalue weighted by Crippen LogP contribution is -2.39. The van der Waals surface area contributed by atoms with Crippen LogP contribution in [0.5, 0.6) is 0 Å². The van der Waals surface area contributed by atoms with Crippen LogP contribution in [0.4, 0.5) is 0 Å². The molecule has 1 unspecified atom stereocenters. The van der Waals surface area contributed by atoms with Gasteiger partial charge in [0.1, 0.15) is 0 Å². The van der Waals surface area contributed by atoms with Gasteiger partial charge in [-0.3, -0.25) is 9.79 Å². The highest BCUT2D eigenvalue weighted by Gasteiger charge is 2.26. The molecule has 0 aliphatic carbocycles. The van der Waals surface area contributed by atoms with Crippen LogP contribution in [0.2, 0.25) is 0 Å². The third kappa shape index (κ3) is 5.48. The fourth-order valence-electron chi connectivity index (χ4n) is 3.54. The Kier molecular flexibility index (Phi) is 7.95. The number of aliphatic imine (C=N–C) groups is 1. The Morgan fingerprint density at radius 2 is 2.12 bits per heavy atom. The maximum atomic E-state index is 12.0. The van der Waals surface area contributed by atoms with E-state index in [4.69, 9.17) is 4.99 Å². The van der Waals surface area contributed by atoms with Crippen molar-refractivity contribution in [1.29, 1.82) is 0 Å².